The fourth-order valence-corrected chi connectivity index (χ4v) is 7.80. The molecule has 6 rings (SSSR count). The summed E-state index contributed by atoms with van der Waals surface area (Å²) in [6.45, 7) is 11.4. The van der Waals surface area contributed by atoms with E-state index in [9.17, 15) is 19.1 Å². The topological polar surface area (TPSA) is 134 Å². The number of thiazole rings is 1. The number of aromatic nitrogens is 4. The third kappa shape index (κ3) is 9.31. The number of aryl methyl sites for hydroxylation is 2. The summed E-state index contributed by atoms with van der Waals surface area (Å²) in [5.41, 5.74) is 1.63. The molecule has 11 nitrogen and oxygen atoms in total. The summed E-state index contributed by atoms with van der Waals surface area (Å²) in [5, 5.41) is 28.4. The molecule has 1 saturated heterocycles. The molecule has 3 atom stereocenters. The van der Waals surface area contributed by atoms with Crippen LogP contribution < -0.4 is 26.3 Å². The summed E-state index contributed by atoms with van der Waals surface area (Å²) >= 11 is 1.31. The molecule has 0 spiro atoms. The van der Waals surface area contributed by atoms with Gasteiger partial charge in [-0.1, -0.05) is 25.1 Å². The number of carbonyl (C=O) groups is 2. The number of amides is 1. The molecule has 15 heteroatoms. The Balaban J connectivity index is 0.00000600. The number of carbonyl (C=O) groups excluding carboxylic acids is 2. The van der Waals surface area contributed by atoms with Gasteiger partial charge in [0, 0.05) is 40.1 Å². The highest BCUT2D eigenvalue weighted by atomic mass is 79.9. The maximum Gasteiger partial charge on any atom is 0.411 e. The molecule has 5 aromatic rings. The molecule has 1 aliphatic rings. The second-order valence-corrected chi connectivity index (χ2v) is 15.8. The normalized spacial score (nSPS) is 15.7. The Morgan fingerprint density at radius 2 is 1.80 bits per heavy atom. The van der Waals surface area contributed by atoms with Crippen LogP contribution in [0.4, 0.5) is 13.6 Å². The van der Waals surface area contributed by atoms with Crippen molar-refractivity contribution in [1.82, 2.24) is 19.7 Å². The first-order valence-corrected chi connectivity index (χ1v) is 18.8. The Labute approximate surface area is 338 Å². The van der Waals surface area contributed by atoms with Gasteiger partial charge in [0.25, 0.3) is 6.33 Å². The molecule has 2 aromatic heterocycles. The molecule has 3 aromatic carbocycles. The Hall–Kier alpha value is -5.04. The molecule has 0 saturated carbocycles. The lowest BCUT2D eigenvalue weighted by Crippen LogP contribution is -3.00. The molecular weight excluding hydrogens is 806 g/mol. The molecule has 294 valence electrons. The standard InChI is InChI=1S/C41H43F2N6O5S.BrH/c1-25-16-29(17-26(2)36(25)53-38(50)35-8-7-15-49(35)39(51)54-40(4,5)6)20-47-23-45-48(24-47)22-41(52,32-14-13-31(42)18-33(32)43)27(3)37-46-34(21-55-37)30-11-9-28(19-44)10-12-30;/h9-14,16-18,21,23-24,27,35,52H,7-8,15,20,22H2,1-6H3;1H/q+1;/p-1/t27-,35?,41+;/m0./s1. The van der Waals surface area contributed by atoms with Crippen molar-refractivity contribution in [3.8, 4) is 23.1 Å². The number of hydrogen-bond donors (Lipinski definition) is 1. The Kier molecular flexibility index (Phi) is 12.8. The highest BCUT2D eigenvalue weighted by Gasteiger charge is 2.43. The SMILES string of the molecule is Cc1cc(C[n+]2cnn(C[C@](O)(c3ccc(F)cc3F)[C@@H](C)c3nc(-c4ccc(C#N)cc4)cs3)c2)cc(C)c1OC(=O)C1CCCN1C(=O)OC(C)(C)C.[Br-]. The number of nitrogens with zero attached hydrogens (tertiary/aromatic N) is 6. The average Bonchev–Trinajstić information content (AvgIpc) is 3.91. The van der Waals surface area contributed by atoms with Gasteiger partial charge in [-0.3, -0.25) is 4.90 Å². The number of hydrogen-bond acceptors (Lipinski definition) is 9. The van der Waals surface area contributed by atoms with Crippen molar-refractivity contribution in [3.63, 3.8) is 0 Å². The first-order chi connectivity index (χ1) is 26.0. The predicted molar refractivity (Wildman–Crippen MR) is 200 cm³/mol. The van der Waals surface area contributed by atoms with Gasteiger partial charge in [-0.05, 0) is 94.5 Å². The van der Waals surface area contributed by atoms with Crippen LogP contribution in [0.3, 0.4) is 0 Å². The molecule has 0 bridgehead atoms. The van der Waals surface area contributed by atoms with Gasteiger partial charge < -0.3 is 31.6 Å². The maximum absolute atomic E-state index is 15.4. The summed E-state index contributed by atoms with van der Waals surface area (Å²) in [5.74, 6) is -2.49. The summed E-state index contributed by atoms with van der Waals surface area (Å²) in [6.07, 6.45) is 3.89. The number of esters is 1. The van der Waals surface area contributed by atoms with Crippen LogP contribution in [-0.4, -0.2) is 55.0 Å². The van der Waals surface area contributed by atoms with E-state index in [-0.39, 0.29) is 29.1 Å². The average molecular weight is 850 g/mol. The Morgan fingerprint density at radius 3 is 2.45 bits per heavy atom. The van der Waals surface area contributed by atoms with Crippen molar-refractivity contribution in [3.05, 3.63) is 117 Å². The van der Waals surface area contributed by atoms with E-state index in [2.05, 4.69) is 11.2 Å². The zero-order valence-corrected chi connectivity index (χ0v) is 34.3. The minimum atomic E-state index is -1.89. The van der Waals surface area contributed by atoms with E-state index in [0.29, 0.717) is 47.9 Å². The number of rotatable bonds is 10. The lowest BCUT2D eigenvalue weighted by molar-refractivity contribution is -0.689. The van der Waals surface area contributed by atoms with E-state index in [1.54, 1.807) is 69.2 Å². The van der Waals surface area contributed by atoms with Gasteiger partial charge in [0.2, 0.25) is 6.33 Å². The van der Waals surface area contributed by atoms with Gasteiger partial charge in [-0.15, -0.1) is 16.0 Å². The third-order valence-electron chi connectivity index (χ3n) is 9.59. The zero-order valence-electron chi connectivity index (χ0n) is 31.9. The molecule has 1 amide bonds. The third-order valence-corrected chi connectivity index (χ3v) is 10.6. The number of nitriles is 1. The number of benzene rings is 3. The maximum atomic E-state index is 15.4. The van der Waals surface area contributed by atoms with E-state index >= 15 is 4.39 Å². The predicted octanol–water partition coefficient (Wildman–Crippen LogP) is 4.11. The number of aliphatic hydroxyl groups is 1. The molecule has 0 radical (unpaired) electrons. The first-order valence-electron chi connectivity index (χ1n) is 17.9. The fraction of sp³-hybridized carbons (Fsp3) is 0.366. The van der Waals surface area contributed by atoms with E-state index < -0.39 is 46.9 Å². The number of ether oxygens (including phenoxy) is 2. The fourth-order valence-electron chi connectivity index (χ4n) is 6.83. The van der Waals surface area contributed by atoms with Gasteiger partial charge in [-0.25, -0.2) is 27.9 Å². The molecule has 1 fully saturated rings. The van der Waals surface area contributed by atoms with Crippen molar-refractivity contribution in [1.29, 1.82) is 5.26 Å². The molecule has 1 aliphatic heterocycles. The number of likely N-dealkylation sites (tertiary alicyclic amines) is 1. The highest BCUT2D eigenvalue weighted by molar-refractivity contribution is 7.10. The van der Waals surface area contributed by atoms with Crippen LogP contribution in [0.25, 0.3) is 11.3 Å². The molecule has 56 heavy (non-hydrogen) atoms. The highest BCUT2D eigenvalue weighted by Crippen LogP contribution is 2.41. The van der Waals surface area contributed by atoms with E-state index in [4.69, 9.17) is 19.7 Å². The molecule has 1 unspecified atom stereocenters. The quantitative estimate of drug-likeness (QED) is 0.126. The number of halogens is 3. The smallest absolute Gasteiger partial charge is 0.411 e. The summed E-state index contributed by atoms with van der Waals surface area (Å²) in [7, 11) is 0. The van der Waals surface area contributed by atoms with Crippen LogP contribution in [0.15, 0.2) is 72.6 Å². The summed E-state index contributed by atoms with van der Waals surface area (Å²) in [4.78, 5) is 32.2. The van der Waals surface area contributed by atoms with Crippen LogP contribution in [0, 0.1) is 36.8 Å². The summed E-state index contributed by atoms with van der Waals surface area (Å²) in [6, 6.07) is 15.2. The monoisotopic (exact) mass is 848 g/mol. The van der Waals surface area contributed by atoms with E-state index in [1.807, 2.05) is 31.4 Å². The van der Waals surface area contributed by atoms with Crippen LogP contribution in [-0.2, 0) is 28.2 Å². The Bertz CT molecular complexity index is 2240. The molecular formula is C41H43BrF2N6O5S. The van der Waals surface area contributed by atoms with E-state index in [1.165, 1.54) is 27.0 Å². The first kappa shape index (κ1) is 42.1. The second-order valence-electron chi connectivity index (χ2n) is 15.0. The lowest BCUT2D eigenvalue weighted by atomic mass is 9.82. The Morgan fingerprint density at radius 1 is 1.11 bits per heavy atom. The van der Waals surface area contributed by atoms with Gasteiger partial charge in [0.15, 0.2) is 0 Å². The van der Waals surface area contributed by atoms with Crippen molar-refractivity contribution >= 4 is 23.4 Å². The van der Waals surface area contributed by atoms with Gasteiger partial charge in [0.05, 0.1) is 28.9 Å². The largest absolute Gasteiger partial charge is 1.00 e. The van der Waals surface area contributed by atoms with E-state index in [0.717, 1.165) is 34.4 Å². The van der Waals surface area contributed by atoms with Crippen molar-refractivity contribution in [2.75, 3.05) is 6.54 Å². The van der Waals surface area contributed by atoms with Crippen LogP contribution in [0.5, 0.6) is 5.75 Å². The van der Waals surface area contributed by atoms with Crippen molar-refractivity contribution in [2.24, 2.45) is 0 Å². The molecule has 3 heterocycles. The van der Waals surface area contributed by atoms with Crippen LogP contribution in [0.2, 0.25) is 0 Å². The van der Waals surface area contributed by atoms with Gasteiger partial charge >= 0.3 is 12.1 Å². The minimum Gasteiger partial charge on any atom is -1.00 e. The lowest BCUT2D eigenvalue weighted by Gasteiger charge is -2.32. The van der Waals surface area contributed by atoms with Crippen molar-refractivity contribution < 1.29 is 54.5 Å². The zero-order chi connectivity index (χ0) is 39.7. The van der Waals surface area contributed by atoms with Crippen LogP contribution in [0.1, 0.15) is 79.3 Å². The minimum absolute atomic E-state index is 0. The van der Waals surface area contributed by atoms with Crippen LogP contribution >= 0.6 is 11.3 Å². The van der Waals surface area contributed by atoms with Crippen molar-refractivity contribution in [2.45, 2.75) is 90.6 Å². The summed E-state index contributed by atoms with van der Waals surface area (Å²) < 4.78 is 44.1. The second kappa shape index (κ2) is 17.0. The van der Waals surface area contributed by atoms with Gasteiger partial charge in [0.1, 0.15) is 41.2 Å². The molecule has 0 aliphatic carbocycles. The van der Waals surface area contributed by atoms with Gasteiger partial charge in [-0.2, -0.15) is 5.26 Å². The molecule has 1 N–H and O–H groups in total.